The lowest BCUT2D eigenvalue weighted by molar-refractivity contribution is 0.0696. The van der Waals surface area contributed by atoms with Crippen LogP contribution in [0.1, 0.15) is 22.3 Å². The van der Waals surface area contributed by atoms with Gasteiger partial charge in [0.25, 0.3) is 0 Å². The van der Waals surface area contributed by atoms with E-state index in [1.165, 1.54) is 17.3 Å². The van der Waals surface area contributed by atoms with Gasteiger partial charge in [0.05, 0.1) is 5.56 Å². The monoisotopic (exact) mass is 248 g/mol. The van der Waals surface area contributed by atoms with Gasteiger partial charge in [-0.15, -0.1) is 0 Å². The third-order valence-corrected chi connectivity index (χ3v) is 2.88. The number of hydrogen-bond acceptors (Lipinski definition) is 3. The van der Waals surface area contributed by atoms with Crippen LogP contribution in [0.2, 0.25) is 0 Å². The molecule has 1 aromatic heterocycles. The van der Waals surface area contributed by atoms with Gasteiger partial charge in [0.2, 0.25) is 0 Å². The SMILES string of the molecule is O=C(O)c1cnccc1C1=CCN(C(=O)O)CC1. The second kappa shape index (κ2) is 4.87. The van der Waals surface area contributed by atoms with E-state index in [-0.39, 0.29) is 12.1 Å². The van der Waals surface area contributed by atoms with E-state index < -0.39 is 12.1 Å². The number of aromatic nitrogens is 1. The van der Waals surface area contributed by atoms with Gasteiger partial charge >= 0.3 is 12.1 Å². The summed E-state index contributed by atoms with van der Waals surface area (Å²) in [6, 6.07) is 1.64. The van der Waals surface area contributed by atoms with Crippen molar-refractivity contribution in [1.29, 1.82) is 0 Å². The molecule has 1 aromatic rings. The van der Waals surface area contributed by atoms with Crippen molar-refractivity contribution in [3.63, 3.8) is 0 Å². The molecule has 6 nitrogen and oxygen atoms in total. The topological polar surface area (TPSA) is 90.7 Å². The molecule has 0 saturated carbocycles. The van der Waals surface area contributed by atoms with Gasteiger partial charge < -0.3 is 15.1 Å². The third kappa shape index (κ3) is 2.32. The lowest BCUT2D eigenvalue weighted by atomic mass is 9.96. The highest BCUT2D eigenvalue weighted by Gasteiger charge is 2.19. The van der Waals surface area contributed by atoms with Gasteiger partial charge in [0, 0.05) is 25.5 Å². The summed E-state index contributed by atoms with van der Waals surface area (Å²) in [5.41, 5.74) is 1.61. The normalized spacial score (nSPS) is 15.1. The van der Waals surface area contributed by atoms with Gasteiger partial charge in [0.15, 0.2) is 0 Å². The highest BCUT2D eigenvalue weighted by atomic mass is 16.4. The Hall–Kier alpha value is -2.37. The van der Waals surface area contributed by atoms with Crippen molar-refractivity contribution >= 4 is 17.6 Å². The lowest BCUT2D eigenvalue weighted by Gasteiger charge is -2.24. The molecule has 2 rings (SSSR count). The molecule has 0 spiro atoms. The molecule has 18 heavy (non-hydrogen) atoms. The van der Waals surface area contributed by atoms with Crippen LogP contribution < -0.4 is 0 Å². The van der Waals surface area contributed by atoms with Crippen LogP contribution in [0.25, 0.3) is 5.57 Å². The molecule has 1 aliphatic rings. The molecule has 2 N–H and O–H groups in total. The summed E-state index contributed by atoms with van der Waals surface area (Å²) in [6.07, 6.45) is 4.14. The molecule has 2 heterocycles. The molecule has 1 amide bonds. The molecule has 0 aliphatic carbocycles. The Bertz CT molecular complexity index is 525. The Morgan fingerprint density at radius 3 is 2.67 bits per heavy atom. The van der Waals surface area contributed by atoms with E-state index >= 15 is 0 Å². The zero-order valence-corrected chi connectivity index (χ0v) is 9.54. The largest absolute Gasteiger partial charge is 0.478 e. The molecule has 0 radical (unpaired) electrons. The number of carbonyl (C=O) groups is 2. The van der Waals surface area contributed by atoms with Crippen molar-refractivity contribution in [1.82, 2.24) is 9.88 Å². The summed E-state index contributed by atoms with van der Waals surface area (Å²) < 4.78 is 0. The number of aromatic carboxylic acids is 1. The van der Waals surface area contributed by atoms with Crippen LogP contribution in [0, 0.1) is 0 Å². The minimum atomic E-state index is -1.03. The summed E-state index contributed by atoms with van der Waals surface area (Å²) in [6.45, 7) is 0.661. The number of carboxylic acid groups (broad SMARTS) is 2. The highest BCUT2D eigenvalue weighted by Crippen LogP contribution is 2.24. The van der Waals surface area contributed by atoms with Crippen molar-refractivity contribution in [3.8, 4) is 0 Å². The minimum Gasteiger partial charge on any atom is -0.478 e. The summed E-state index contributed by atoms with van der Waals surface area (Å²) in [5.74, 6) is -1.03. The maximum atomic E-state index is 11.1. The third-order valence-electron chi connectivity index (χ3n) is 2.88. The summed E-state index contributed by atoms with van der Waals surface area (Å²) in [4.78, 5) is 26.9. The van der Waals surface area contributed by atoms with Crippen LogP contribution in [0.15, 0.2) is 24.5 Å². The fourth-order valence-electron chi connectivity index (χ4n) is 1.93. The first-order valence-electron chi connectivity index (χ1n) is 5.44. The van der Waals surface area contributed by atoms with Crippen LogP contribution in [0.4, 0.5) is 4.79 Å². The second-order valence-corrected chi connectivity index (χ2v) is 3.93. The number of pyridine rings is 1. The van der Waals surface area contributed by atoms with Gasteiger partial charge in [-0.3, -0.25) is 4.98 Å². The summed E-state index contributed by atoms with van der Waals surface area (Å²) in [7, 11) is 0. The zero-order valence-electron chi connectivity index (χ0n) is 9.54. The van der Waals surface area contributed by atoms with Crippen molar-refractivity contribution in [2.75, 3.05) is 13.1 Å². The van der Waals surface area contributed by atoms with Crippen LogP contribution in [-0.4, -0.2) is 45.2 Å². The Labute approximate surface area is 103 Å². The summed E-state index contributed by atoms with van der Waals surface area (Å²) in [5, 5.41) is 17.9. The van der Waals surface area contributed by atoms with E-state index in [4.69, 9.17) is 10.2 Å². The van der Waals surface area contributed by atoms with Gasteiger partial charge in [-0.25, -0.2) is 9.59 Å². The Morgan fingerprint density at radius 1 is 1.33 bits per heavy atom. The highest BCUT2D eigenvalue weighted by molar-refractivity contribution is 5.94. The fraction of sp³-hybridized carbons (Fsp3) is 0.250. The number of rotatable bonds is 2. The first kappa shape index (κ1) is 12.1. The summed E-state index contributed by atoms with van der Waals surface area (Å²) >= 11 is 0. The predicted molar refractivity (Wildman–Crippen MR) is 63.4 cm³/mol. The molecule has 1 aliphatic heterocycles. The molecule has 0 saturated heterocycles. The van der Waals surface area contributed by atoms with E-state index in [2.05, 4.69) is 4.98 Å². The number of nitrogens with zero attached hydrogens (tertiary/aromatic N) is 2. The van der Waals surface area contributed by atoms with E-state index in [0.29, 0.717) is 18.5 Å². The molecule has 6 heteroatoms. The molecule has 0 fully saturated rings. The molecule has 0 atom stereocenters. The van der Waals surface area contributed by atoms with E-state index in [9.17, 15) is 9.59 Å². The number of hydrogen-bond donors (Lipinski definition) is 2. The van der Waals surface area contributed by atoms with Gasteiger partial charge in [0.1, 0.15) is 0 Å². The molecule has 0 unspecified atom stereocenters. The maximum absolute atomic E-state index is 11.1. The molecule has 0 bridgehead atoms. The molecular weight excluding hydrogens is 236 g/mol. The standard InChI is InChI=1S/C12H12N2O4/c15-11(16)10-7-13-4-1-9(10)8-2-5-14(6-3-8)12(17)18/h1-2,4,7H,3,5-6H2,(H,15,16)(H,17,18). The van der Waals surface area contributed by atoms with Gasteiger partial charge in [-0.1, -0.05) is 6.08 Å². The Kier molecular flexibility index (Phi) is 3.27. The van der Waals surface area contributed by atoms with E-state index in [1.54, 1.807) is 12.1 Å². The Morgan fingerprint density at radius 2 is 2.11 bits per heavy atom. The van der Waals surface area contributed by atoms with Crippen LogP contribution in [0.3, 0.4) is 0 Å². The quantitative estimate of drug-likeness (QED) is 0.828. The Balaban J connectivity index is 2.29. The van der Waals surface area contributed by atoms with Crippen molar-refractivity contribution in [3.05, 3.63) is 35.7 Å². The first-order valence-corrected chi connectivity index (χ1v) is 5.44. The van der Waals surface area contributed by atoms with Crippen molar-refractivity contribution in [2.24, 2.45) is 0 Å². The lowest BCUT2D eigenvalue weighted by Crippen LogP contribution is -2.33. The fourth-order valence-corrected chi connectivity index (χ4v) is 1.93. The van der Waals surface area contributed by atoms with Crippen molar-refractivity contribution < 1.29 is 19.8 Å². The molecule has 94 valence electrons. The van der Waals surface area contributed by atoms with Crippen molar-refractivity contribution in [2.45, 2.75) is 6.42 Å². The first-order chi connectivity index (χ1) is 8.59. The minimum absolute atomic E-state index is 0.146. The maximum Gasteiger partial charge on any atom is 0.407 e. The average molecular weight is 248 g/mol. The molecule has 0 aromatic carbocycles. The van der Waals surface area contributed by atoms with Gasteiger partial charge in [-0.05, 0) is 23.6 Å². The number of amides is 1. The number of carboxylic acids is 1. The van der Waals surface area contributed by atoms with Crippen LogP contribution in [0.5, 0.6) is 0 Å². The van der Waals surface area contributed by atoms with Gasteiger partial charge in [-0.2, -0.15) is 0 Å². The van der Waals surface area contributed by atoms with E-state index in [1.807, 2.05) is 0 Å². The van der Waals surface area contributed by atoms with E-state index in [0.717, 1.165) is 5.57 Å². The smallest absolute Gasteiger partial charge is 0.407 e. The van der Waals surface area contributed by atoms with Crippen LogP contribution >= 0.6 is 0 Å². The second-order valence-electron chi connectivity index (χ2n) is 3.93. The van der Waals surface area contributed by atoms with Crippen LogP contribution in [-0.2, 0) is 0 Å². The average Bonchev–Trinajstić information content (AvgIpc) is 2.39. The predicted octanol–water partition coefficient (Wildman–Crippen LogP) is 1.55. The molecular formula is C12H12N2O4. The zero-order chi connectivity index (χ0) is 13.1.